The molecule has 6 heteroatoms. The largest absolute Gasteiger partial charge is 0.308 e. The van der Waals surface area contributed by atoms with Crippen LogP contribution in [0.1, 0.15) is 31.7 Å². The first-order valence-electron chi connectivity index (χ1n) is 7.21. The maximum atomic E-state index is 13.9. The Morgan fingerprint density at radius 3 is 2.68 bits per heavy atom. The number of aromatic nitrogens is 2. The second-order valence-corrected chi connectivity index (χ2v) is 5.29. The summed E-state index contributed by atoms with van der Waals surface area (Å²) in [6.45, 7) is 6.00. The van der Waals surface area contributed by atoms with Crippen LogP contribution in [0, 0.1) is 18.6 Å². The highest BCUT2D eigenvalue weighted by Crippen LogP contribution is 2.15. The van der Waals surface area contributed by atoms with E-state index in [9.17, 15) is 13.6 Å². The lowest BCUT2D eigenvalue weighted by atomic mass is 10.2. The van der Waals surface area contributed by atoms with Crippen LogP contribution in [0.3, 0.4) is 0 Å². The van der Waals surface area contributed by atoms with Gasteiger partial charge in [0.05, 0.1) is 0 Å². The van der Waals surface area contributed by atoms with Crippen molar-refractivity contribution >= 4 is 0 Å². The Kier molecular flexibility index (Phi) is 5.03. The Labute approximate surface area is 127 Å². The fraction of sp³-hybridized carbons (Fsp3) is 0.375. The maximum Gasteiger partial charge on any atom is 0.204 e. The van der Waals surface area contributed by atoms with Crippen LogP contribution in [-0.2, 0) is 6.54 Å². The van der Waals surface area contributed by atoms with Gasteiger partial charge in [-0.1, -0.05) is 6.92 Å². The van der Waals surface area contributed by atoms with Gasteiger partial charge in [0.15, 0.2) is 5.82 Å². The van der Waals surface area contributed by atoms with Crippen LogP contribution >= 0.6 is 0 Å². The third kappa shape index (κ3) is 3.57. The molecule has 1 aromatic heterocycles. The molecule has 0 saturated carbocycles. The Morgan fingerprint density at radius 2 is 2.05 bits per heavy atom. The van der Waals surface area contributed by atoms with Crippen LogP contribution in [-0.4, -0.2) is 15.8 Å². The van der Waals surface area contributed by atoms with E-state index in [1.165, 1.54) is 16.8 Å². The molecule has 1 heterocycles. The summed E-state index contributed by atoms with van der Waals surface area (Å²) in [5, 5.41) is 7.40. The standard InChI is InChI=1S/C16H19F2N3O/c1-4-10(2)19-9-14-16(22)7-11(3)21(20-14)15-6-5-12(17)8-13(15)18/h5-8,10,19H,4,9H2,1-3H3. The van der Waals surface area contributed by atoms with E-state index in [2.05, 4.69) is 10.4 Å². The van der Waals surface area contributed by atoms with Gasteiger partial charge in [-0.2, -0.15) is 5.10 Å². The summed E-state index contributed by atoms with van der Waals surface area (Å²) in [5.74, 6) is -1.38. The van der Waals surface area contributed by atoms with E-state index in [1.807, 2.05) is 13.8 Å². The number of halogens is 2. The van der Waals surface area contributed by atoms with Gasteiger partial charge >= 0.3 is 0 Å². The third-order valence-corrected chi connectivity index (χ3v) is 3.55. The molecule has 0 saturated heterocycles. The zero-order valence-corrected chi connectivity index (χ0v) is 12.9. The summed E-state index contributed by atoms with van der Waals surface area (Å²) in [5.41, 5.74) is 0.702. The van der Waals surface area contributed by atoms with Crippen LogP contribution in [0.5, 0.6) is 0 Å². The molecule has 0 aliphatic rings. The highest BCUT2D eigenvalue weighted by atomic mass is 19.1. The molecule has 4 nitrogen and oxygen atoms in total. The number of aryl methyl sites for hydroxylation is 1. The second-order valence-electron chi connectivity index (χ2n) is 5.29. The van der Waals surface area contributed by atoms with Gasteiger partial charge in [-0.05, 0) is 32.4 Å². The summed E-state index contributed by atoms with van der Waals surface area (Å²) >= 11 is 0. The lowest BCUT2D eigenvalue weighted by Gasteiger charge is -2.14. The fourth-order valence-corrected chi connectivity index (χ4v) is 2.02. The van der Waals surface area contributed by atoms with Gasteiger partial charge in [0.2, 0.25) is 5.43 Å². The molecule has 1 atom stereocenters. The fourth-order valence-electron chi connectivity index (χ4n) is 2.02. The molecule has 1 N–H and O–H groups in total. The average molecular weight is 307 g/mol. The van der Waals surface area contributed by atoms with E-state index in [0.29, 0.717) is 17.9 Å². The van der Waals surface area contributed by atoms with Crippen molar-refractivity contribution in [2.24, 2.45) is 0 Å². The molecule has 0 radical (unpaired) electrons. The highest BCUT2D eigenvalue weighted by Gasteiger charge is 2.12. The SMILES string of the molecule is CCC(C)NCc1nn(-c2ccc(F)cc2F)c(C)cc1=O. The predicted octanol–water partition coefficient (Wildman–Crippen LogP) is 2.71. The van der Waals surface area contributed by atoms with Crippen LogP contribution < -0.4 is 10.7 Å². The lowest BCUT2D eigenvalue weighted by Crippen LogP contribution is -2.29. The van der Waals surface area contributed by atoms with E-state index in [4.69, 9.17) is 0 Å². The smallest absolute Gasteiger partial charge is 0.204 e. The minimum Gasteiger partial charge on any atom is -0.308 e. The molecule has 0 spiro atoms. The minimum atomic E-state index is -0.722. The first-order chi connectivity index (χ1) is 10.4. The summed E-state index contributed by atoms with van der Waals surface area (Å²) in [4.78, 5) is 12.0. The van der Waals surface area contributed by atoms with Gasteiger partial charge in [0.25, 0.3) is 0 Å². The van der Waals surface area contributed by atoms with Gasteiger partial charge in [0, 0.05) is 30.4 Å². The molecule has 1 aromatic carbocycles. The van der Waals surface area contributed by atoms with Gasteiger partial charge in [-0.25, -0.2) is 13.5 Å². The zero-order valence-electron chi connectivity index (χ0n) is 12.9. The second kappa shape index (κ2) is 6.79. The molecule has 22 heavy (non-hydrogen) atoms. The summed E-state index contributed by atoms with van der Waals surface area (Å²) in [6, 6.07) is 4.92. The number of rotatable bonds is 5. The summed E-state index contributed by atoms with van der Waals surface area (Å²) < 4.78 is 28.3. The summed E-state index contributed by atoms with van der Waals surface area (Å²) in [6.07, 6.45) is 0.923. The molecule has 0 fully saturated rings. The van der Waals surface area contributed by atoms with Crippen molar-refractivity contribution in [1.82, 2.24) is 15.1 Å². The van der Waals surface area contributed by atoms with Crippen molar-refractivity contribution in [3.8, 4) is 5.69 Å². The predicted molar refractivity (Wildman–Crippen MR) is 81.1 cm³/mol. The highest BCUT2D eigenvalue weighted by molar-refractivity contribution is 5.34. The molecular formula is C16H19F2N3O. The average Bonchev–Trinajstić information content (AvgIpc) is 2.47. The van der Waals surface area contributed by atoms with Gasteiger partial charge in [-0.15, -0.1) is 0 Å². The van der Waals surface area contributed by atoms with Crippen molar-refractivity contribution in [2.45, 2.75) is 39.8 Å². The van der Waals surface area contributed by atoms with Crippen molar-refractivity contribution < 1.29 is 8.78 Å². The number of hydrogen-bond donors (Lipinski definition) is 1. The van der Waals surface area contributed by atoms with Crippen molar-refractivity contribution in [2.75, 3.05) is 0 Å². The van der Waals surface area contributed by atoms with E-state index < -0.39 is 11.6 Å². The topological polar surface area (TPSA) is 46.9 Å². The number of benzene rings is 1. The van der Waals surface area contributed by atoms with Crippen LogP contribution in [0.4, 0.5) is 8.78 Å². The number of nitrogens with zero attached hydrogens (tertiary/aromatic N) is 2. The molecule has 0 aliphatic carbocycles. The van der Waals surface area contributed by atoms with Gasteiger partial charge in [0.1, 0.15) is 17.2 Å². The maximum absolute atomic E-state index is 13.9. The van der Waals surface area contributed by atoms with Gasteiger partial charge in [-0.3, -0.25) is 4.79 Å². The van der Waals surface area contributed by atoms with E-state index in [1.54, 1.807) is 6.92 Å². The molecule has 1 unspecified atom stereocenters. The molecule has 118 valence electrons. The van der Waals surface area contributed by atoms with E-state index >= 15 is 0 Å². The minimum absolute atomic E-state index is 0.115. The number of nitrogens with one attached hydrogen (secondary N) is 1. The number of hydrogen-bond acceptors (Lipinski definition) is 3. The Morgan fingerprint density at radius 1 is 1.32 bits per heavy atom. The molecule has 0 amide bonds. The van der Waals surface area contributed by atoms with Crippen LogP contribution in [0.15, 0.2) is 29.1 Å². The lowest BCUT2D eigenvalue weighted by molar-refractivity contribution is 0.519. The molecule has 0 bridgehead atoms. The normalized spacial score (nSPS) is 12.4. The quantitative estimate of drug-likeness (QED) is 0.924. The summed E-state index contributed by atoms with van der Waals surface area (Å²) in [7, 11) is 0. The first kappa shape index (κ1) is 16.3. The van der Waals surface area contributed by atoms with Crippen LogP contribution in [0.25, 0.3) is 5.69 Å². The van der Waals surface area contributed by atoms with E-state index in [-0.39, 0.29) is 17.2 Å². The van der Waals surface area contributed by atoms with Crippen LogP contribution in [0.2, 0.25) is 0 Å². The first-order valence-corrected chi connectivity index (χ1v) is 7.21. The molecule has 2 aromatic rings. The molecule has 2 rings (SSSR count). The molecule has 0 aliphatic heterocycles. The third-order valence-electron chi connectivity index (χ3n) is 3.55. The Hall–Kier alpha value is -2.08. The zero-order chi connectivity index (χ0) is 16.3. The van der Waals surface area contributed by atoms with Crippen molar-refractivity contribution in [3.63, 3.8) is 0 Å². The van der Waals surface area contributed by atoms with Crippen molar-refractivity contribution in [3.05, 3.63) is 57.5 Å². The monoisotopic (exact) mass is 307 g/mol. The Bertz CT molecular complexity index is 728. The Balaban J connectivity index is 2.41. The van der Waals surface area contributed by atoms with Gasteiger partial charge < -0.3 is 5.32 Å². The van der Waals surface area contributed by atoms with E-state index in [0.717, 1.165) is 18.6 Å². The van der Waals surface area contributed by atoms with Crippen molar-refractivity contribution in [1.29, 1.82) is 0 Å². The molecular weight excluding hydrogens is 288 g/mol.